The molecule has 20 heavy (non-hydrogen) atoms. The Kier molecular flexibility index (Phi) is 6.38. The number of aliphatic hydroxyl groups is 1. The largest absolute Gasteiger partial charge is 0.388 e. The lowest BCUT2D eigenvalue weighted by atomic mass is 10.3. The molecule has 7 heteroatoms. The zero-order chi connectivity index (χ0) is 15.3. The van der Waals surface area contributed by atoms with Crippen LogP contribution in [-0.4, -0.2) is 48.7 Å². The summed E-state index contributed by atoms with van der Waals surface area (Å²) in [6.07, 6.45) is 0.271. The summed E-state index contributed by atoms with van der Waals surface area (Å²) in [6, 6.07) is 1.49. The van der Waals surface area contributed by atoms with E-state index in [9.17, 15) is 15.2 Å². The predicted octanol–water partition coefficient (Wildman–Crippen LogP) is 2.49. The minimum atomic E-state index is -0.673. The van der Waals surface area contributed by atoms with Crippen LogP contribution in [0.4, 0.5) is 10.7 Å². The first-order chi connectivity index (χ1) is 9.36. The summed E-state index contributed by atoms with van der Waals surface area (Å²) in [5.74, 6) is 0. The summed E-state index contributed by atoms with van der Waals surface area (Å²) >= 11 is 1.31. The average molecular weight is 301 g/mol. The summed E-state index contributed by atoms with van der Waals surface area (Å²) in [4.78, 5) is 15.5. The van der Waals surface area contributed by atoms with Gasteiger partial charge in [-0.1, -0.05) is 0 Å². The monoisotopic (exact) mass is 301 g/mol. The lowest BCUT2D eigenvalue weighted by Crippen LogP contribution is -2.26. The molecule has 114 valence electrons. The van der Waals surface area contributed by atoms with Crippen LogP contribution in [0, 0.1) is 10.1 Å². The maximum Gasteiger partial charge on any atom is 0.304 e. The fourth-order valence-corrected chi connectivity index (χ4v) is 3.09. The number of aliphatic hydroxyl groups excluding tert-OH is 1. The average Bonchev–Trinajstić information content (AvgIpc) is 2.79. The molecule has 1 heterocycles. The van der Waals surface area contributed by atoms with Gasteiger partial charge < -0.3 is 14.9 Å². The first kappa shape index (κ1) is 16.9. The fraction of sp³-hybridized carbons (Fsp3) is 0.692. The highest BCUT2D eigenvalue weighted by Crippen LogP contribution is 2.40. The number of thiophene rings is 1. The van der Waals surface area contributed by atoms with Crippen LogP contribution in [0.5, 0.6) is 0 Å². The van der Waals surface area contributed by atoms with Gasteiger partial charge in [0.25, 0.3) is 0 Å². The number of hydrogen-bond donors (Lipinski definition) is 1. The Bertz CT molecular complexity index is 446. The summed E-state index contributed by atoms with van der Waals surface area (Å²) in [5.41, 5.74) is 0.0950. The van der Waals surface area contributed by atoms with E-state index in [2.05, 4.69) is 4.90 Å². The van der Waals surface area contributed by atoms with Gasteiger partial charge in [-0.2, -0.15) is 0 Å². The molecule has 6 nitrogen and oxygen atoms in total. The van der Waals surface area contributed by atoms with Crippen molar-refractivity contribution in [2.75, 3.05) is 38.6 Å². The zero-order valence-electron chi connectivity index (χ0n) is 12.5. The van der Waals surface area contributed by atoms with Gasteiger partial charge in [-0.05, 0) is 40.9 Å². The molecule has 0 bridgehead atoms. The Hall–Kier alpha value is -1.18. The van der Waals surface area contributed by atoms with Gasteiger partial charge in [-0.3, -0.25) is 10.1 Å². The second kappa shape index (κ2) is 7.56. The van der Waals surface area contributed by atoms with Gasteiger partial charge in [0.1, 0.15) is 0 Å². The van der Waals surface area contributed by atoms with Gasteiger partial charge in [0.05, 0.1) is 11.0 Å². The van der Waals surface area contributed by atoms with Crippen LogP contribution >= 0.6 is 11.3 Å². The SMILES string of the molecule is CCN(CCCN(C)C)c1sc(C(C)O)cc1[N+](=O)[O-]. The van der Waals surface area contributed by atoms with Crippen molar-refractivity contribution in [3.8, 4) is 0 Å². The minimum Gasteiger partial charge on any atom is -0.388 e. The molecule has 0 radical (unpaired) electrons. The Morgan fingerprint density at radius 2 is 2.10 bits per heavy atom. The van der Waals surface area contributed by atoms with Crippen LogP contribution in [0.2, 0.25) is 0 Å². The third-order valence-corrected chi connectivity index (χ3v) is 4.38. The second-order valence-electron chi connectivity index (χ2n) is 5.01. The first-order valence-corrected chi connectivity index (χ1v) is 7.54. The number of anilines is 1. The lowest BCUT2D eigenvalue weighted by molar-refractivity contribution is -0.383. The molecule has 0 fully saturated rings. The Labute approximate surface area is 123 Å². The van der Waals surface area contributed by atoms with Gasteiger partial charge in [-0.15, -0.1) is 11.3 Å². The highest BCUT2D eigenvalue weighted by molar-refractivity contribution is 7.16. The van der Waals surface area contributed by atoms with E-state index in [4.69, 9.17) is 0 Å². The Morgan fingerprint density at radius 1 is 1.45 bits per heavy atom. The van der Waals surface area contributed by atoms with Gasteiger partial charge in [-0.25, -0.2) is 0 Å². The maximum absolute atomic E-state index is 11.2. The van der Waals surface area contributed by atoms with Crippen LogP contribution in [0.1, 0.15) is 31.2 Å². The van der Waals surface area contributed by atoms with Crippen molar-refractivity contribution in [1.29, 1.82) is 0 Å². The number of hydrogen-bond acceptors (Lipinski definition) is 6. The van der Waals surface area contributed by atoms with Crippen molar-refractivity contribution in [3.05, 3.63) is 21.1 Å². The molecule has 0 spiro atoms. The topological polar surface area (TPSA) is 69.8 Å². The van der Waals surface area contributed by atoms with E-state index in [-0.39, 0.29) is 10.6 Å². The van der Waals surface area contributed by atoms with E-state index in [0.29, 0.717) is 16.4 Å². The highest BCUT2D eigenvalue weighted by atomic mass is 32.1. The van der Waals surface area contributed by atoms with E-state index in [0.717, 1.165) is 19.5 Å². The van der Waals surface area contributed by atoms with Crippen LogP contribution in [-0.2, 0) is 0 Å². The van der Waals surface area contributed by atoms with Crippen molar-refractivity contribution in [2.24, 2.45) is 0 Å². The number of rotatable bonds is 8. The van der Waals surface area contributed by atoms with E-state index in [1.165, 1.54) is 17.4 Å². The van der Waals surface area contributed by atoms with Crippen LogP contribution in [0.15, 0.2) is 6.07 Å². The van der Waals surface area contributed by atoms with Crippen molar-refractivity contribution in [3.63, 3.8) is 0 Å². The van der Waals surface area contributed by atoms with E-state index >= 15 is 0 Å². The predicted molar refractivity (Wildman–Crippen MR) is 82.7 cm³/mol. The molecule has 1 aromatic heterocycles. The summed E-state index contributed by atoms with van der Waals surface area (Å²) < 4.78 is 0. The molecule has 0 aliphatic heterocycles. The van der Waals surface area contributed by atoms with Crippen LogP contribution in [0.25, 0.3) is 0 Å². The highest BCUT2D eigenvalue weighted by Gasteiger charge is 2.24. The molecular weight excluding hydrogens is 278 g/mol. The molecule has 1 rings (SSSR count). The van der Waals surface area contributed by atoms with E-state index in [1.807, 2.05) is 25.9 Å². The number of nitrogens with zero attached hydrogens (tertiary/aromatic N) is 3. The second-order valence-corrected chi connectivity index (χ2v) is 6.07. The zero-order valence-corrected chi connectivity index (χ0v) is 13.3. The Morgan fingerprint density at radius 3 is 2.55 bits per heavy atom. The van der Waals surface area contributed by atoms with Crippen molar-refractivity contribution >= 4 is 22.0 Å². The third-order valence-electron chi connectivity index (χ3n) is 3.02. The summed E-state index contributed by atoms with van der Waals surface area (Å²) in [6.45, 7) is 6.05. The minimum absolute atomic E-state index is 0.0950. The Balaban J connectivity index is 2.92. The van der Waals surface area contributed by atoms with E-state index in [1.54, 1.807) is 6.92 Å². The van der Waals surface area contributed by atoms with Gasteiger partial charge in [0.2, 0.25) is 0 Å². The molecule has 0 aliphatic rings. The quantitative estimate of drug-likeness (QED) is 0.590. The maximum atomic E-state index is 11.2. The molecule has 0 aromatic carbocycles. The van der Waals surface area contributed by atoms with Crippen molar-refractivity contribution in [2.45, 2.75) is 26.4 Å². The van der Waals surface area contributed by atoms with E-state index < -0.39 is 6.10 Å². The van der Waals surface area contributed by atoms with Gasteiger partial charge in [0.15, 0.2) is 5.00 Å². The summed E-state index contributed by atoms with van der Waals surface area (Å²) in [7, 11) is 4.02. The third kappa shape index (κ3) is 4.43. The molecular formula is C13H23N3O3S. The first-order valence-electron chi connectivity index (χ1n) is 6.72. The lowest BCUT2D eigenvalue weighted by Gasteiger charge is -2.21. The molecule has 1 N–H and O–H groups in total. The van der Waals surface area contributed by atoms with Gasteiger partial charge in [0, 0.05) is 24.0 Å². The fourth-order valence-electron chi connectivity index (χ4n) is 1.93. The van der Waals surface area contributed by atoms with Gasteiger partial charge >= 0.3 is 5.69 Å². The van der Waals surface area contributed by atoms with Crippen LogP contribution < -0.4 is 4.90 Å². The molecule has 1 atom stereocenters. The number of nitro groups is 1. The molecule has 0 amide bonds. The van der Waals surface area contributed by atoms with Crippen LogP contribution in [0.3, 0.4) is 0 Å². The molecule has 0 saturated heterocycles. The molecule has 0 saturated carbocycles. The van der Waals surface area contributed by atoms with Crippen molar-refractivity contribution < 1.29 is 10.0 Å². The standard InChI is InChI=1S/C13H23N3O3S/c1-5-15(8-6-7-14(3)4)13-11(16(18)19)9-12(20-13)10(2)17/h9-10,17H,5-8H2,1-4H3. The smallest absolute Gasteiger partial charge is 0.304 e. The molecule has 1 unspecified atom stereocenters. The molecule has 1 aromatic rings. The molecule has 0 aliphatic carbocycles. The summed E-state index contributed by atoms with van der Waals surface area (Å²) in [5, 5.41) is 21.4. The normalized spacial score (nSPS) is 12.7. The van der Waals surface area contributed by atoms with Crippen molar-refractivity contribution in [1.82, 2.24) is 4.90 Å².